The molecule has 0 radical (unpaired) electrons. The van der Waals surface area contributed by atoms with Crippen LogP contribution in [0.15, 0.2) is 13.6 Å². The molecule has 100 valence electrons. The first kappa shape index (κ1) is 15.7. The summed E-state index contributed by atoms with van der Waals surface area (Å²) in [5, 5.41) is 11.7. The minimum absolute atomic E-state index is 0.204. The third-order valence-electron chi connectivity index (χ3n) is 2.52. The summed E-state index contributed by atoms with van der Waals surface area (Å²) < 4.78 is 1.62. The lowest BCUT2D eigenvalue weighted by Gasteiger charge is -2.18. The second-order valence-electron chi connectivity index (χ2n) is 4.43. The van der Waals surface area contributed by atoms with Gasteiger partial charge in [0, 0.05) is 6.54 Å². The van der Waals surface area contributed by atoms with E-state index in [9.17, 15) is 9.59 Å². The number of amides is 1. The van der Waals surface area contributed by atoms with Crippen LogP contribution in [0.4, 0.5) is 0 Å². The van der Waals surface area contributed by atoms with Crippen molar-refractivity contribution in [3.8, 4) is 0 Å². The Labute approximate surface area is 126 Å². The first-order valence-electron chi connectivity index (χ1n) is 5.20. The van der Waals surface area contributed by atoms with E-state index in [1.165, 1.54) is 11.3 Å². The van der Waals surface area contributed by atoms with Crippen molar-refractivity contribution in [1.29, 1.82) is 0 Å². The molecule has 1 aromatic rings. The summed E-state index contributed by atoms with van der Waals surface area (Å²) in [5.74, 6) is -1.07. The van der Waals surface area contributed by atoms with Crippen molar-refractivity contribution in [2.24, 2.45) is 5.41 Å². The van der Waals surface area contributed by atoms with Crippen molar-refractivity contribution in [3.63, 3.8) is 0 Å². The number of carbonyl (C=O) groups is 2. The first-order valence-corrected chi connectivity index (χ1v) is 7.61. The molecule has 0 aliphatic rings. The Morgan fingerprint density at radius 1 is 1.44 bits per heavy atom. The summed E-state index contributed by atoms with van der Waals surface area (Å²) in [6.45, 7) is 3.61. The number of aliphatic carboxylic acids is 1. The van der Waals surface area contributed by atoms with Gasteiger partial charge in [-0.25, -0.2) is 0 Å². The molecule has 2 N–H and O–H groups in total. The van der Waals surface area contributed by atoms with Crippen LogP contribution in [0.5, 0.6) is 0 Å². The topological polar surface area (TPSA) is 66.4 Å². The second kappa shape index (κ2) is 6.16. The molecule has 1 aromatic heterocycles. The molecule has 0 atom stereocenters. The van der Waals surface area contributed by atoms with Crippen molar-refractivity contribution >= 4 is 55.1 Å². The zero-order valence-electron chi connectivity index (χ0n) is 9.92. The van der Waals surface area contributed by atoms with Gasteiger partial charge >= 0.3 is 5.97 Å². The molecule has 0 bridgehead atoms. The number of hydrogen-bond donors (Lipinski definition) is 2. The van der Waals surface area contributed by atoms with Crippen LogP contribution in [-0.4, -0.2) is 23.5 Å². The second-order valence-corrected chi connectivity index (χ2v) is 8.18. The third kappa shape index (κ3) is 4.07. The highest BCUT2D eigenvalue weighted by atomic mass is 79.9. The summed E-state index contributed by atoms with van der Waals surface area (Å²) in [6, 6.07) is 1.73. The fraction of sp³-hybridized carbons (Fsp3) is 0.455. The van der Waals surface area contributed by atoms with Crippen molar-refractivity contribution in [3.05, 3.63) is 19.2 Å². The molecule has 0 saturated heterocycles. The van der Waals surface area contributed by atoms with Crippen molar-refractivity contribution in [2.45, 2.75) is 20.3 Å². The average molecular weight is 399 g/mol. The summed E-state index contributed by atoms with van der Waals surface area (Å²) in [5.41, 5.74) is -0.278. The van der Waals surface area contributed by atoms with Gasteiger partial charge in [-0.1, -0.05) is 0 Å². The first-order chi connectivity index (χ1) is 8.24. The van der Waals surface area contributed by atoms with Crippen LogP contribution in [0.3, 0.4) is 0 Å². The molecule has 7 heteroatoms. The Hall–Kier alpha value is -0.400. The highest BCUT2D eigenvalue weighted by Crippen LogP contribution is 2.31. The number of carbonyl (C=O) groups excluding carboxylic acids is 1. The van der Waals surface area contributed by atoms with Gasteiger partial charge in [0.15, 0.2) is 0 Å². The Balaban J connectivity index is 2.53. The number of nitrogens with one attached hydrogen (secondary N) is 1. The van der Waals surface area contributed by atoms with Crippen molar-refractivity contribution < 1.29 is 14.7 Å². The molecular formula is C11H13Br2NO3S. The van der Waals surface area contributed by atoms with E-state index in [1.54, 1.807) is 19.9 Å². The van der Waals surface area contributed by atoms with Crippen LogP contribution < -0.4 is 5.32 Å². The quantitative estimate of drug-likeness (QED) is 0.797. The highest BCUT2D eigenvalue weighted by Gasteiger charge is 2.26. The smallest absolute Gasteiger partial charge is 0.309 e. The minimum Gasteiger partial charge on any atom is -0.481 e. The van der Waals surface area contributed by atoms with Crippen LogP contribution >= 0.6 is 43.2 Å². The van der Waals surface area contributed by atoms with Gasteiger partial charge in [-0.05, 0) is 58.2 Å². The van der Waals surface area contributed by atoms with E-state index in [-0.39, 0.29) is 5.91 Å². The summed E-state index contributed by atoms with van der Waals surface area (Å²) in [4.78, 5) is 22.7. The molecule has 0 spiro atoms. The number of carboxylic acid groups (broad SMARTS) is 1. The Bertz CT molecular complexity index is 471. The molecule has 0 aliphatic carbocycles. The van der Waals surface area contributed by atoms with E-state index in [4.69, 9.17) is 5.11 Å². The van der Waals surface area contributed by atoms with Gasteiger partial charge < -0.3 is 10.4 Å². The largest absolute Gasteiger partial charge is 0.481 e. The summed E-state index contributed by atoms with van der Waals surface area (Å²) in [7, 11) is 0. The maximum atomic E-state index is 11.8. The lowest BCUT2D eigenvalue weighted by molar-refractivity contribution is -0.147. The third-order valence-corrected chi connectivity index (χ3v) is 4.86. The molecular weight excluding hydrogens is 386 g/mol. The molecule has 0 aromatic carbocycles. The van der Waals surface area contributed by atoms with Crippen LogP contribution in [0.25, 0.3) is 0 Å². The van der Waals surface area contributed by atoms with Crippen molar-refractivity contribution in [2.75, 3.05) is 6.54 Å². The number of thiophene rings is 1. The Kier molecular flexibility index (Phi) is 5.36. The van der Waals surface area contributed by atoms with Gasteiger partial charge in [-0.15, -0.1) is 11.3 Å². The Morgan fingerprint density at radius 2 is 2.06 bits per heavy atom. The molecule has 0 aliphatic heterocycles. The molecule has 18 heavy (non-hydrogen) atoms. The van der Waals surface area contributed by atoms with E-state index in [0.29, 0.717) is 18.5 Å². The van der Waals surface area contributed by atoms with Crippen LogP contribution in [0.2, 0.25) is 0 Å². The Morgan fingerprint density at radius 3 is 2.50 bits per heavy atom. The zero-order chi connectivity index (χ0) is 13.9. The SMILES string of the molecule is CC(C)(CCNC(=O)c1cc(Br)sc1Br)C(=O)O. The predicted octanol–water partition coefficient (Wildman–Crippen LogP) is 3.50. The number of rotatable bonds is 5. The summed E-state index contributed by atoms with van der Waals surface area (Å²) >= 11 is 8.03. The highest BCUT2D eigenvalue weighted by molar-refractivity contribution is 9.12. The predicted molar refractivity (Wildman–Crippen MR) is 78.1 cm³/mol. The lowest BCUT2D eigenvalue weighted by atomic mass is 9.90. The van der Waals surface area contributed by atoms with E-state index in [0.717, 1.165) is 7.57 Å². The summed E-state index contributed by atoms with van der Waals surface area (Å²) in [6.07, 6.45) is 0.386. The number of halogens is 2. The van der Waals surface area contributed by atoms with Crippen LogP contribution in [0.1, 0.15) is 30.6 Å². The van der Waals surface area contributed by atoms with E-state index in [2.05, 4.69) is 37.2 Å². The van der Waals surface area contributed by atoms with Gasteiger partial charge in [-0.3, -0.25) is 9.59 Å². The molecule has 0 fully saturated rings. The van der Waals surface area contributed by atoms with E-state index in [1.807, 2.05) is 0 Å². The van der Waals surface area contributed by atoms with Gasteiger partial charge in [0.25, 0.3) is 5.91 Å². The molecule has 1 heterocycles. The minimum atomic E-state index is -0.865. The maximum absolute atomic E-state index is 11.8. The average Bonchev–Trinajstić information content (AvgIpc) is 2.57. The van der Waals surface area contributed by atoms with E-state index >= 15 is 0 Å². The van der Waals surface area contributed by atoms with Crippen molar-refractivity contribution in [1.82, 2.24) is 5.32 Å². The maximum Gasteiger partial charge on any atom is 0.309 e. The van der Waals surface area contributed by atoms with Gasteiger partial charge in [0.05, 0.1) is 18.6 Å². The van der Waals surface area contributed by atoms with Gasteiger partial charge in [-0.2, -0.15) is 0 Å². The van der Waals surface area contributed by atoms with Gasteiger partial charge in [0.1, 0.15) is 0 Å². The standard InChI is InChI=1S/C11H13Br2NO3S/c1-11(2,10(16)17)3-4-14-9(15)6-5-7(12)18-8(6)13/h5H,3-4H2,1-2H3,(H,14,15)(H,16,17). The molecule has 1 amide bonds. The fourth-order valence-corrected chi connectivity index (χ4v) is 3.98. The van der Waals surface area contributed by atoms with E-state index < -0.39 is 11.4 Å². The lowest BCUT2D eigenvalue weighted by Crippen LogP contribution is -2.31. The molecule has 0 saturated carbocycles. The molecule has 4 nitrogen and oxygen atoms in total. The molecule has 0 unspecified atom stereocenters. The normalized spacial score (nSPS) is 11.3. The molecule has 1 rings (SSSR count). The number of hydrogen-bond acceptors (Lipinski definition) is 3. The zero-order valence-corrected chi connectivity index (χ0v) is 13.9. The van der Waals surface area contributed by atoms with Crippen LogP contribution in [0, 0.1) is 5.41 Å². The monoisotopic (exact) mass is 397 g/mol. The van der Waals surface area contributed by atoms with Crippen LogP contribution in [-0.2, 0) is 4.79 Å². The number of carboxylic acids is 1. The fourth-order valence-electron chi connectivity index (χ4n) is 1.19. The van der Waals surface area contributed by atoms with Gasteiger partial charge in [0.2, 0.25) is 0 Å².